The van der Waals surface area contributed by atoms with Gasteiger partial charge >= 0.3 is 0 Å². The first-order chi connectivity index (χ1) is 15.2. The van der Waals surface area contributed by atoms with Crippen molar-refractivity contribution in [3.05, 3.63) is 48.2 Å². The molecule has 2 aliphatic rings. The summed E-state index contributed by atoms with van der Waals surface area (Å²) < 4.78 is 5.48. The molecule has 1 aliphatic carbocycles. The molecule has 0 spiro atoms. The highest BCUT2D eigenvalue weighted by molar-refractivity contribution is 7.99. The van der Waals surface area contributed by atoms with Gasteiger partial charge < -0.3 is 15.0 Å². The lowest BCUT2D eigenvalue weighted by atomic mass is 10.1. The van der Waals surface area contributed by atoms with E-state index < -0.39 is 0 Å². The van der Waals surface area contributed by atoms with E-state index in [1.54, 1.807) is 6.20 Å². The topological polar surface area (TPSA) is 96.0 Å². The molecule has 31 heavy (non-hydrogen) atoms. The van der Waals surface area contributed by atoms with E-state index in [1.165, 1.54) is 11.8 Å². The van der Waals surface area contributed by atoms with Crippen molar-refractivity contribution >= 4 is 35.0 Å². The lowest BCUT2D eigenvalue weighted by molar-refractivity contribution is -0.119. The largest absolute Gasteiger partial charge is 0.378 e. The van der Waals surface area contributed by atoms with Gasteiger partial charge in [0.05, 0.1) is 19.4 Å². The minimum atomic E-state index is 0.297. The molecule has 1 saturated carbocycles. The first-order valence-electron chi connectivity index (χ1n) is 10.5. The van der Waals surface area contributed by atoms with Crippen molar-refractivity contribution in [1.29, 1.82) is 0 Å². The summed E-state index contributed by atoms with van der Waals surface area (Å²) in [6.07, 6.45) is 4.32. The third-order valence-corrected chi connectivity index (χ3v) is 6.21. The lowest BCUT2D eigenvalue weighted by Gasteiger charge is -2.28. The molecule has 2 aromatic heterocycles. The summed E-state index contributed by atoms with van der Waals surface area (Å²) >= 11 is 1.51. The first kappa shape index (κ1) is 20.0. The van der Waals surface area contributed by atoms with Crippen molar-refractivity contribution < 1.29 is 9.53 Å². The maximum absolute atomic E-state index is 12.1. The van der Waals surface area contributed by atoms with Crippen LogP contribution in [0.3, 0.4) is 0 Å². The number of carbonyl (C=O) groups is 1. The molecule has 1 aliphatic heterocycles. The van der Waals surface area contributed by atoms with Crippen molar-refractivity contribution in [1.82, 2.24) is 20.2 Å². The first-order valence-corrected chi connectivity index (χ1v) is 11.3. The van der Waals surface area contributed by atoms with E-state index >= 15 is 0 Å². The van der Waals surface area contributed by atoms with Crippen molar-refractivity contribution in [2.45, 2.75) is 29.3 Å². The molecule has 2 N–H and O–H groups in total. The van der Waals surface area contributed by atoms with Crippen LogP contribution >= 0.6 is 11.8 Å². The maximum atomic E-state index is 12.1. The molecule has 3 aromatic rings. The number of hydrogen-bond acceptors (Lipinski definition) is 8. The van der Waals surface area contributed by atoms with Gasteiger partial charge in [0.2, 0.25) is 0 Å². The Morgan fingerprint density at radius 1 is 1.16 bits per heavy atom. The summed E-state index contributed by atoms with van der Waals surface area (Å²) in [7, 11) is 0. The standard InChI is InChI=1S/C22H24N6O2S/c29-18(16-3-4-16)13-15-1-5-17(6-2-15)31-22-25-20(24-19-7-8-23-27-19)14-21(26-22)28-9-11-30-12-10-28/h1-2,5-8,14,16H,3-4,9-13H2,(H2,23,24,25,26,27). The number of Topliss-reactive ketones (excluding diaryl/α,β-unsaturated/α-hetero) is 1. The van der Waals surface area contributed by atoms with Gasteiger partial charge in [-0.2, -0.15) is 5.10 Å². The van der Waals surface area contributed by atoms with Crippen LogP contribution in [0, 0.1) is 5.92 Å². The van der Waals surface area contributed by atoms with Gasteiger partial charge in [-0.3, -0.25) is 9.89 Å². The number of anilines is 3. The molecule has 1 saturated heterocycles. The number of nitrogens with one attached hydrogen (secondary N) is 2. The van der Waals surface area contributed by atoms with E-state index in [4.69, 9.17) is 9.72 Å². The summed E-state index contributed by atoms with van der Waals surface area (Å²) in [5.41, 5.74) is 1.06. The Morgan fingerprint density at radius 3 is 2.68 bits per heavy atom. The summed E-state index contributed by atoms with van der Waals surface area (Å²) in [6, 6.07) is 11.9. The molecule has 9 heteroatoms. The molecule has 0 unspecified atom stereocenters. The highest BCUT2D eigenvalue weighted by Gasteiger charge is 2.29. The number of H-pyrrole nitrogens is 1. The molecule has 5 rings (SSSR count). The number of benzene rings is 1. The molecule has 8 nitrogen and oxygen atoms in total. The summed E-state index contributed by atoms with van der Waals surface area (Å²) in [6.45, 7) is 2.98. The van der Waals surface area contributed by atoms with E-state index in [0.717, 1.165) is 48.0 Å². The zero-order chi connectivity index (χ0) is 21.0. The normalized spacial score (nSPS) is 16.3. The number of carbonyl (C=O) groups excluding carboxylic acids is 1. The minimum Gasteiger partial charge on any atom is -0.378 e. The third kappa shape index (κ3) is 5.23. The molecule has 1 aromatic carbocycles. The van der Waals surface area contributed by atoms with Crippen LogP contribution in [0.2, 0.25) is 0 Å². The average Bonchev–Trinajstić information content (AvgIpc) is 3.53. The van der Waals surface area contributed by atoms with Crippen LogP contribution in [-0.4, -0.2) is 52.3 Å². The van der Waals surface area contributed by atoms with Crippen molar-refractivity contribution in [2.24, 2.45) is 5.92 Å². The van der Waals surface area contributed by atoms with E-state index in [9.17, 15) is 4.79 Å². The van der Waals surface area contributed by atoms with Crippen molar-refractivity contribution in [3.63, 3.8) is 0 Å². The van der Waals surface area contributed by atoms with Crippen LogP contribution in [0.25, 0.3) is 0 Å². The molecule has 160 valence electrons. The fourth-order valence-corrected chi connectivity index (χ4v) is 4.24. The predicted octanol–water partition coefficient (Wildman–Crippen LogP) is 3.45. The minimum absolute atomic E-state index is 0.297. The quantitative estimate of drug-likeness (QED) is 0.519. The van der Waals surface area contributed by atoms with E-state index in [0.29, 0.717) is 42.3 Å². The Labute approximate surface area is 184 Å². The number of morpholine rings is 1. The second-order valence-corrected chi connectivity index (χ2v) is 8.79. The summed E-state index contributed by atoms with van der Waals surface area (Å²) in [5, 5.41) is 10.8. The van der Waals surface area contributed by atoms with Gasteiger partial charge in [-0.1, -0.05) is 12.1 Å². The molecule has 2 fully saturated rings. The Bertz CT molecular complexity index is 1030. The molecule has 3 heterocycles. The van der Waals surface area contributed by atoms with Gasteiger partial charge in [-0.05, 0) is 42.3 Å². The maximum Gasteiger partial charge on any atom is 0.196 e. The molecular weight excluding hydrogens is 412 g/mol. The second-order valence-electron chi connectivity index (χ2n) is 7.75. The summed E-state index contributed by atoms with van der Waals surface area (Å²) in [4.78, 5) is 24.8. The van der Waals surface area contributed by atoms with Gasteiger partial charge in [0.15, 0.2) is 5.16 Å². The van der Waals surface area contributed by atoms with Crippen molar-refractivity contribution in [2.75, 3.05) is 36.5 Å². The highest BCUT2D eigenvalue weighted by Crippen LogP contribution is 2.32. The zero-order valence-electron chi connectivity index (χ0n) is 17.1. The lowest BCUT2D eigenvalue weighted by Crippen LogP contribution is -2.36. The highest BCUT2D eigenvalue weighted by atomic mass is 32.2. The fourth-order valence-electron chi connectivity index (χ4n) is 3.47. The van der Waals surface area contributed by atoms with Crippen LogP contribution in [0.1, 0.15) is 18.4 Å². The monoisotopic (exact) mass is 436 g/mol. The number of ether oxygens (including phenoxy) is 1. The number of rotatable bonds is 8. The van der Waals surface area contributed by atoms with Crippen LogP contribution in [0.4, 0.5) is 17.5 Å². The Kier molecular flexibility index (Phi) is 5.86. The van der Waals surface area contributed by atoms with E-state index in [2.05, 4.69) is 25.4 Å². The molecule has 0 amide bonds. The number of hydrogen-bond donors (Lipinski definition) is 2. The summed E-state index contributed by atoms with van der Waals surface area (Å²) in [5.74, 6) is 3.00. The number of aromatic amines is 1. The number of ketones is 1. The second kappa shape index (κ2) is 9.07. The molecule has 0 bridgehead atoms. The van der Waals surface area contributed by atoms with Gasteiger partial charge in [0, 0.05) is 42.5 Å². The van der Waals surface area contributed by atoms with E-state index in [-0.39, 0.29) is 0 Å². The van der Waals surface area contributed by atoms with Crippen LogP contribution in [0.5, 0.6) is 0 Å². The Hall–Kier alpha value is -2.91. The SMILES string of the molecule is O=C(Cc1ccc(Sc2nc(Nc3ccn[nH]3)cc(N3CCOCC3)n2)cc1)C1CC1. The van der Waals surface area contributed by atoms with Gasteiger partial charge in [-0.25, -0.2) is 9.97 Å². The number of aromatic nitrogens is 4. The number of nitrogens with zero attached hydrogens (tertiary/aromatic N) is 4. The molecule has 0 radical (unpaired) electrons. The van der Waals surface area contributed by atoms with Crippen LogP contribution in [0.15, 0.2) is 52.6 Å². The Morgan fingerprint density at radius 2 is 1.97 bits per heavy atom. The molecule has 0 atom stereocenters. The smallest absolute Gasteiger partial charge is 0.196 e. The predicted molar refractivity (Wildman–Crippen MR) is 119 cm³/mol. The van der Waals surface area contributed by atoms with Crippen LogP contribution < -0.4 is 10.2 Å². The van der Waals surface area contributed by atoms with E-state index in [1.807, 2.05) is 36.4 Å². The van der Waals surface area contributed by atoms with Crippen LogP contribution in [-0.2, 0) is 16.0 Å². The van der Waals surface area contributed by atoms with Crippen molar-refractivity contribution in [3.8, 4) is 0 Å². The molecular formula is C22H24N6O2S. The Balaban J connectivity index is 1.34. The van der Waals surface area contributed by atoms with Gasteiger partial charge in [-0.15, -0.1) is 0 Å². The average molecular weight is 437 g/mol. The zero-order valence-corrected chi connectivity index (χ0v) is 17.9. The van der Waals surface area contributed by atoms with Gasteiger partial charge in [0.25, 0.3) is 0 Å². The van der Waals surface area contributed by atoms with Gasteiger partial charge in [0.1, 0.15) is 23.2 Å². The third-order valence-electron chi connectivity index (χ3n) is 5.33. The fraction of sp³-hybridized carbons (Fsp3) is 0.364.